The summed E-state index contributed by atoms with van der Waals surface area (Å²) in [5, 5.41) is 12.3. The van der Waals surface area contributed by atoms with Gasteiger partial charge in [0.25, 0.3) is 0 Å². The summed E-state index contributed by atoms with van der Waals surface area (Å²) < 4.78 is 10.7. The van der Waals surface area contributed by atoms with Crippen molar-refractivity contribution < 1.29 is 14.3 Å². The van der Waals surface area contributed by atoms with Crippen LogP contribution in [0.3, 0.4) is 0 Å². The Kier molecular flexibility index (Phi) is 3.88. The van der Waals surface area contributed by atoms with Crippen LogP contribution in [0.4, 0.5) is 0 Å². The lowest BCUT2D eigenvalue weighted by Crippen LogP contribution is -2.56. The molecular weight excluding hydrogens is 232 g/mol. The summed E-state index contributed by atoms with van der Waals surface area (Å²) in [6, 6.07) is 2.19. The van der Waals surface area contributed by atoms with E-state index in [1.165, 1.54) is 0 Å². The number of rotatable bonds is 2. The van der Waals surface area contributed by atoms with Crippen molar-refractivity contribution in [2.45, 2.75) is 38.1 Å². The molecule has 0 bridgehead atoms. The molecule has 2 aliphatic rings. The van der Waals surface area contributed by atoms with Gasteiger partial charge in [-0.2, -0.15) is 5.26 Å². The van der Waals surface area contributed by atoms with E-state index < -0.39 is 5.41 Å². The maximum Gasteiger partial charge on any atom is 0.241 e. The smallest absolute Gasteiger partial charge is 0.241 e. The highest BCUT2D eigenvalue weighted by atomic mass is 16.5. The lowest BCUT2D eigenvalue weighted by Gasteiger charge is -2.38. The van der Waals surface area contributed by atoms with Crippen LogP contribution in [-0.4, -0.2) is 37.9 Å². The number of amides is 1. The molecule has 100 valence electrons. The number of hydrogen-bond acceptors (Lipinski definition) is 4. The Balaban J connectivity index is 2.03. The zero-order chi connectivity index (χ0) is 13.1. The number of ether oxygens (including phenoxy) is 2. The van der Waals surface area contributed by atoms with Gasteiger partial charge in [-0.15, -0.1) is 0 Å². The monoisotopic (exact) mass is 252 g/mol. The maximum atomic E-state index is 12.4. The average molecular weight is 252 g/mol. The van der Waals surface area contributed by atoms with Crippen molar-refractivity contribution in [3.63, 3.8) is 0 Å². The quantitative estimate of drug-likeness (QED) is 0.795. The van der Waals surface area contributed by atoms with Gasteiger partial charge in [-0.25, -0.2) is 0 Å². The number of nitrogens with one attached hydrogen (secondary N) is 1. The SMILES string of the molecule is CC1(NC(=O)C2(C#N)CCOCC2)CCCOC1. The molecule has 1 atom stereocenters. The molecule has 1 unspecified atom stereocenters. The fraction of sp³-hybridized carbons (Fsp3) is 0.846. The maximum absolute atomic E-state index is 12.4. The summed E-state index contributed by atoms with van der Waals surface area (Å²) in [7, 11) is 0. The Morgan fingerprint density at radius 3 is 2.50 bits per heavy atom. The second-order valence-corrected chi connectivity index (χ2v) is 5.48. The van der Waals surface area contributed by atoms with Crippen molar-refractivity contribution in [2.75, 3.05) is 26.4 Å². The van der Waals surface area contributed by atoms with Gasteiger partial charge in [-0.05, 0) is 32.6 Å². The van der Waals surface area contributed by atoms with Gasteiger partial charge in [-0.1, -0.05) is 0 Å². The minimum atomic E-state index is -0.918. The van der Waals surface area contributed by atoms with Gasteiger partial charge in [0.15, 0.2) is 0 Å². The minimum absolute atomic E-state index is 0.165. The number of carbonyl (C=O) groups excluding carboxylic acids is 1. The van der Waals surface area contributed by atoms with Crippen molar-refractivity contribution >= 4 is 5.91 Å². The first-order valence-electron chi connectivity index (χ1n) is 6.50. The number of nitriles is 1. The van der Waals surface area contributed by atoms with Gasteiger partial charge in [-0.3, -0.25) is 4.79 Å². The molecule has 1 amide bonds. The van der Waals surface area contributed by atoms with E-state index in [4.69, 9.17) is 9.47 Å². The zero-order valence-corrected chi connectivity index (χ0v) is 10.8. The number of nitrogens with zero attached hydrogens (tertiary/aromatic N) is 1. The van der Waals surface area contributed by atoms with Crippen molar-refractivity contribution in [1.82, 2.24) is 5.32 Å². The van der Waals surface area contributed by atoms with E-state index in [1.807, 2.05) is 6.92 Å². The zero-order valence-electron chi connectivity index (χ0n) is 10.8. The van der Waals surface area contributed by atoms with Crippen LogP contribution in [0.15, 0.2) is 0 Å². The van der Waals surface area contributed by atoms with E-state index in [9.17, 15) is 10.1 Å². The van der Waals surface area contributed by atoms with Crippen molar-refractivity contribution in [1.29, 1.82) is 5.26 Å². The molecule has 0 aromatic rings. The van der Waals surface area contributed by atoms with Crippen molar-refractivity contribution in [3.05, 3.63) is 0 Å². The molecule has 2 heterocycles. The third kappa shape index (κ3) is 2.65. The second-order valence-electron chi connectivity index (χ2n) is 5.48. The predicted octanol–water partition coefficient (Wildman–Crippen LogP) is 0.992. The minimum Gasteiger partial charge on any atom is -0.381 e. The Morgan fingerprint density at radius 1 is 1.22 bits per heavy atom. The average Bonchev–Trinajstić information content (AvgIpc) is 2.39. The highest BCUT2D eigenvalue weighted by Gasteiger charge is 2.43. The Hall–Kier alpha value is -1.12. The summed E-state index contributed by atoms with van der Waals surface area (Å²) in [5.74, 6) is -0.165. The second kappa shape index (κ2) is 5.25. The van der Waals surface area contributed by atoms with E-state index >= 15 is 0 Å². The summed E-state index contributed by atoms with van der Waals surface area (Å²) in [4.78, 5) is 12.4. The third-order valence-electron chi connectivity index (χ3n) is 3.85. The largest absolute Gasteiger partial charge is 0.381 e. The van der Waals surface area contributed by atoms with Crippen LogP contribution < -0.4 is 5.32 Å². The van der Waals surface area contributed by atoms with E-state index in [-0.39, 0.29) is 11.4 Å². The van der Waals surface area contributed by atoms with Gasteiger partial charge < -0.3 is 14.8 Å². The molecule has 0 radical (unpaired) electrons. The third-order valence-corrected chi connectivity index (χ3v) is 3.85. The molecular formula is C13H20N2O3. The summed E-state index contributed by atoms with van der Waals surface area (Å²) in [6.07, 6.45) is 2.80. The van der Waals surface area contributed by atoms with Crippen LogP contribution in [0.5, 0.6) is 0 Å². The fourth-order valence-electron chi connectivity index (χ4n) is 2.54. The van der Waals surface area contributed by atoms with Crippen LogP contribution in [0, 0.1) is 16.7 Å². The highest BCUT2D eigenvalue weighted by Crippen LogP contribution is 2.31. The first-order valence-corrected chi connectivity index (χ1v) is 6.50. The first-order chi connectivity index (χ1) is 8.60. The van der Waals surface area contributed by atoms with Crippen molar-refractivity contribution in [2.24, 2.45) is 5.41 Å². The number of carbonyl (C=O) groups is 1. The van der Waals surface area contributed by atoms with E-state index in [1.54, 1.807) is 0 Å². The molecule has 1 N–H and O–H groups in total. The normalized spacial score (nSPS) is 31.3. The van der Waals surface area contributed by atoms with Gasteiger partial charge in [0.2, 0.25) is 5.91 Å². The van der Waals surface area contributed by atoms with Crippen LogP contribution in [0.25, 0.3) is 0 Å². The standard InChI is InChI=1S/C13H20N2O3/c1-12(3-2-6-18-10-12)15-11(16)13(9-14)4-7-17-8-5-13/h2-8,10H2,1H3,(H,15,16). The molecule has 0 spiro atoms. The Morgan fingerprint density at radius 2 is 1.94 bits per heavy atom. The van der Waals surface area contributed by atoms with Gasteiger partial charge in [0.1, 0.15) is 5.41 Å². The molecule has 0 aromatic heterocycles. The van der Waals surface area contributed by atoms with Crippen LogP contribution in [-0.2, 0) is 14.3 Å². The predicted molar refractivity (Wildman–Crippen MR) is 64.7 cm³/mol. The topological polar surface area (TPSA) is 71.4 Å². The van der Waals surface area contributed by atoms with Crippen LogP contribution in [0.1, 0.15) is 32.6 Å². The summed E-state index contributed by atoms with van der Waals surface area (Å²) in [6.45, 7) is 4.22. The molecule has 0 saturated carbocycles. The Labute approximate surface area is 107 Å². The highest BCUT2D eigenvalue weighted by molar-refractivity contribution is 5.86. The first kappa shape index (κ1) is 13.3. The van der Waals surface area contributed by atoms with Gasteiger partial charge >= 0.3 is 0 Å². The van der Waals surface area contributed by atoms with Gasteiger partial charge in [0.05, 0.1) is 18.2 Å². The molecule has 5 nitrogen and oxygen atoms in total. The molecule has 0 aromatic carbocycles. The molecule has 2 saturated heterocycles. The van der Waals surface area contributed by atoms with E-state index in [0.29, 0.717) is 32.7 Å². The number of hydrogen-bond donors (Lipinski definition) is 1. The lowest BCUT2D eigenvalue weighted by molar-refractivity contribution is -0.136. The molecule has 2 fully saturated rings. The van der Waals surface area contributed by atoms with Gasteiger partial charge in [0, 0.05) is 19.8 Å². The molecule has 18 heavy (non-hydrogen) atoms. The van der Waals surface area contributed by atoms with Crippen LogP contribution in [0.2, 0.25) is 0 Å². The fourth-order valence-corrected chi connectivity index (χ4v) is 2.54. The van der Waals surface area contributed by atoms with Crippen molar-refractivity contribution in [3.8, 4) is 6.07 Å². The molecule has 5 heteroatoms. The Bertz CT molecular complexity index is 350. The van der Waals surface area contributed by atoms with Crippen LogP contribution >= 0.6 is 0 Å². The summed E-state index contributed by atoms with van der Waals surface area (Å²) in [5.41, 5.74) is -1.25. The summed E-state index contributed by atoms with van der Waals surface area (Å²) >= 11 is 0. The van der Waals surface area contributed by atoms with E-state index in [0.717, 1.165) is 19.4 Å². The molecule has 2 rings (SSSR count). The molecule has 0 aliphatic carbocycles. The lowest BCUT2D eigenvalue weighted by atomic mass is 9.79. The molecule has 2 aliphatic heterocycles. The van der Waals surface area contributed by atoms with E-state index in [2.05, 4.69) is 11.4 Å².